The van der Waals surface area contributed by atoms with Gasteiger partial charge in [0, 0.05) is 13.2 Å². The lowest BCUT2D eigenvalue weighted by Gasteiger charge is -2.09. The first kappa shape index (κ1) is 22.0. The summed E-state index contributed by atoms with van der Waals surface area (Å²) in [5.74, 6) is 7.42. The molecule has 1 aromatic heterocycles. The molecule has 2 aromatic rings. The van der Waals surface area contributed by atoms with Crippen molar-refractivity contribution in [2.45, 2.75) is 52.0 Å². The minimum absolute atomic E-state index is 0.0782. The standard InChI is InChI=1S/C19H29N5O3S/c1-13(2)26-7-5-6-21-18(25)12-28-19-23-22-17(24(19)20)11-27-16-9-14(3)8-15(4)10-16/h8-10,13H,5-7,11-12,20H2,1-4H3,(H,21,25). The SMILES string of the molecule is Cc1cc(C)cc(OCc2nnc(SCC(=O)NCCCOC(C)C)n2N)c1. The molecule has 3 N–H and O–H groups in total. The first-order chi connectivity index (χ1) is 13.3. The van der Waals surface area contributed by atoms with Crippen LogP contribution in [-0.4, -0.2) is 45.8 Å². The second-order valence-corrected chi connectivity index (χ2v) is 7.74. The lowest BCUT2D eigenvalue weighted by molar-refractivity contribution is -0.118. The Labute approximate surface area is 170 Å². The molecule has 0 aliphatic carbocycles. The molecule has 0 atom stereocenters. The van der Waals surface area contributed by atoms with Crippen molar-refractivity contribution in [1.29, 1.82) is 0 Å². The van der Waals surface area contributed by atoms with E-state index >= 15 is 0 Å². The molecule has 0 saturated carbocycles. The van der Waals surface area contributed by atoms with Crippen LogP contribution in [-0.2, 0) is 16.1 Å². The zero-order valence-electron chi connectivity index (χ0n) is 16.9. The van der Waals surface area contributed by atoms with Crippen LogP contribution in [0.4, 0.5) is 0 Å². The van der Waals surface area contributed by atoms with E-state index in [1.165, 1.54) is 16.4 Å². The van der Waals surface area contributed by atoms with Gasteiger partial charge in [-0.05, 0) is 57.4 Å². The van der Waals surface area contributed by atoms with Gasteiger partial charge >= 0.3 is 0 Å². The maximum atomic E-state index is 11.9. The number of rotatable bonds is 11. The Bertz CT molecular complexity index is 759. The van der Waals surface area contributed by atoms with E-state index in [-0.39, 0.29) is 24.4 Å². The molecule has 1 aromatic carbocycles. The fraction of sp³-hybridized carbons (Fsp3) is 0.526. The second kappa shape index (κ2) is 10.9. The number of hydrogen-bond donors (Lipinski definition) is 2. The molecular formula is C19H29N5O3S. The molecule has 0 radical (unpaired) electrons. The third kappa shape index (κ3) is 7.40. The molecule has 1 amide bonds. The van der Waals surface area contributed by atoms with Crippen molar-refractivity contribution in [2.24, 2.45) is 0 Å². The summed E-state index contributed by atoms with van der Waals surface area (Å²) in [7, 11) is 0. The number of nitrogens with one attached hydrogen (secondary N) is 1. The van der Waals surface area contributed by atoms with Crippen molar-refractivity contribution < 1.29 is 14.3 Å². The van der Waals surface area contributed by atoms with Crippen LogP contribution < -0.4 is 15.9 Å². The normalized spacial score (nSPS) is 11.0. The number of amides is 1. The summed E-state index contributed by atoms with van der Waals surface area (Å²) in [6.45, 7) is 9.42. The number of aryl methyl sites for hydroxylation is 2. The van der Waals surface area contributed by atoms with Gasteiger partial charge in [-0.15, -0.1) is 10.2 Å². The van der Waals surface area contributed by atoms with Gasteiger partial charge in [-0.25, -0.2) is 4.68 Å². The summed E-state index contributed by atoms with van der Waals surface area (Å²) in [6.07, 6.45) is 0.983. The number of carbonyl (C=O) groups is 1. The van der Waals surface area contributed by atoms with Gasteiger partial charge < -0.3 is 20.6 Å². The molecule has 9 heteroatoms. The fourth-order valence-corrected chi connectivity index (χ4v) is 3.17. The number of nitrogens with zero attached hydrogens (tertiary/aromatic N) is 3. The number of thioether (sulfide) groups is 1. The van der Waals surface area contributed by atoms with Crippen LogP contribution in [0.1, 0.15) is 37.2 Å². The molecule has 1 heterocycles. The predicted octanol–water partition coefficient (Wildman–Crippen LogP) is 2.21. The summed E-state index contributed by atoms with van der Waals surface area (Å²) >= 11 is 1.24. The highest BCUT2D eigenvalue weighted by atomic mass is 32.2. The van der Waals surface area contributed by atoms with Crippen LogP contribution in [0, 0.1) is 13.8 Å². The summed E-state index contributed by atoms with van der Waals surface area (Å²) in [6, 6.07) is 5.99. The topological polar surface area (TPSA) is 104 Å². The number of hydrogen-bond acceptors (Lipinski definition) is 7. The molecule has 0 unspecified atom stereocenters. The Kier molecular flexibility index (Phi) is 8.59. The maximum absolute atomic E-state index is 11.9. The fourth-order valence-electron chi connectivity index (χ4n) is 2.47. The van der Waals surface area contributed by atoms with E-state index in [2.05, 4.69) is 21.6 Å². The minimum Gasteiger partial charge on any atom is -0.486 e. The molecule has 8 nitrogen and oxygen atoms in total. The Hall–Kier alpha value is -2.26. The van der Waals surface area contributed by atoms with Gasteiger partial charge in [0.2, 0.25) is 11.1 Å². The summed E-state index contributed by atoms with van der Waals surface area (Å²) < 4.78 is 12.6. The van der Waals surface area contributed by atoms with Crippen LogP contribution >= 0.6 is 11.8 Å². The molecule has 28 heavy (non-hydrogen) atoms. The van der Waals surface area contributed by atoms with Crippen LogP contribution in [0.2, 0.25) is 0 Å². The van der Waals surface area contributed by atoms with Crippen molar-refractivity contribution in [3.8, 4) is 5.75 Å². The lowest BCUT2D eigenvalue weighted by Crippen LogP contribution is -2.27. The monoisotopic (exact) mass is 407 g/mol. The molecule has 0 aliphatic rings. The highest BCUT2D eigenvalue weighted by Gasteiger charge is 2.13. The van der Waals surface area contributed by atoms with Crippen LogP contribution in [0.15, 0.2) is 23.4 Å². The summed E-state index contributed by atoms with van der Waals surface area (Å²) in [5, 5.41) is 11.4. The van der Waals surface area contributed by atoms with Gasteiger partial charge in [0.1, 0.15) is 12.4 Å². The minimum atomic E-state index is -0.0782. The van der Waals surface area contributed by atoms with Gasteiger partial charge in [-0.3, -0.25) is 4.79 Å². The third-order valence-corrected chi connectivity index (χ3v) is 4.67. The Morgan fingerprint density at radius 2 is 1.96 bits per heavy atom. The van der Waals surface area contributed by atoms with E-state index in [1.54, 1.807) is 0 Å². The van der Waals surface area contributed by atoms with Crippen molar-refractivity contribution in [1.82, 2.24) is 20.2 Å². The van der Waals surface area contributed by atoms with Crippen molar-refractivity contribution >= 4 is 17.7 Å². The average molecular weight is 408 g/mol. The zero-order valence-corrected chi connectivity index (χ0v) is 17.7. The molecule has 0 spiro atoms. The predicted molar refractivity (Wildman–Crippen MR) is 110 cm³/mol. The highest BCUT2D eigenvalue weighted by Crippen LogP contribution is 2.18. The van der Waals surface area contributed by atoms with Crippen molar-refractivity contribution in [2.75, 3.05) is 24.7 Å². The Balaban J connectivity index is 1.75. The van der Waals surface area contributed by atoms with E-state index < -0.39 is 0 Å². The summed E-state index contributed by atoms with van der Waals surface area (Å²) in [4.78, 5) is 11.9. The van der Waals surface area contributed by atoms with Crippen LogP contribution in [0.5, 0.6) is 5.75 Å². The molecular weight excluding hydrogens is 378 g/mol. The van der Waals surface area contributed by atoms with E-state index in [0.717, 1.165) is 23.3 Å². The van der Waals surface area contributed by atoms with E-state index in [1.807, 2.05) is 39.8 Å². The molecule has 154 valence electrons. The van der Waals surface area contributed by atoms with Crippen LogP contribution in [0.25, 0.3) is 0 Å². The second-order valence-electron chi connectivity index (χ2n) is 6.79. The quantitative estimate of drug-likeness (QED) is 0.334. The summed E-state index contributed by atoms with van der Waals surface area (Å²) in [5.41, 5.74) is 2.25. The average Bonchev–Trinajstić information content (AvgIpc) is 2.96. The number of aromatic nitrogens is 3. The molecule has 2 rings (SSSR count). The van der Waals surface area contributed by atoms with Crippen LogP contribution in [0.3, 0.4) is 0 Å². The van der Waals surface area contributed by atoms with Gasteiger partial charge in [0.15, 0.2) is 5.82 Å². The highest BCUT2D eigenvalue weighted by molar-refractivity contribution is 7.99. The van der Waals surface area contributed by atoms with Gasteiger partial charge in [0.25, 0.3) is 0 Å². The molecule has 0 saturated heterocycles. The van der Waals surface area contributed by atoms with Gasteiger partial charge in [0.05, 0.1) is 11.9 Å². The molecule has 0 aliphatic heterocycles. The Morgan fingerprint density at radius 3 is 2.64 bits per heavy atom. The van der Waals surface area contributed by atoms with E-state index in [9.17, 15) is 4.79 Å². The lowest BCUT2D eigenvalue weighted by atomic mass is 10.1. The molecule has 0 fully saturated rings. The van der Waals surface area contributed by atoms with Crippen molar-refractivity contribution in [3.63, 3.8) is 0 Å². The van der Waals surface area contributed by atoms with Gasteiger partial charge in [-0.1, -0.05) is 17.8 Å². The maximum Gasteiger partial charge on any atom is 0.230 e. The van der Waals surface area contributed by atoms with Crippen molar-refractivity contribution in [3.05, 3.63) is 35.2 Å². The zero-order chi connectivity index (χ0) is 20.5. The smallest absolute Gasteiger partial charge is 0.230 e. The number of carbonyl (C=O) groups excluding carboxylic acids is 1. The first-order valence-corrected chi connectivity index (χ1v) is 10.2. The number of benzene rings is 1. The van der Waals surface area contributed by atoms with E-state index in [0.29, 0.717) is 24.1 Å². The third-order valence-electron chi connectivity index (χ3n) is 3.73. The first-order valence-electron chi connectivity index (χ1n) is 9.26. The van der Waals surface area contributed by atoms with Gasteiger partial charge in [-0.2, -0.15) is 0 Å². The number of ether oxygens (including phenoxy) is 2. The Morgan fingerprint density at radius 1 is 1.25 bits per heavy atom. The number of nitrogens with two attached hydrogens (primary N) is 1. The van der Waals surface area contributed by atoms with E-state index in [4.69, 9.17) is 15.3 Å². The largest absolute Gasteiger partial charge is 0.486 e. The molecule has 0 bridgehead atoms. The number of nitrogen functional groups attached to an aromatic ring is 1.